The maximum Gasteiger partial charge on any atom is 0.243 e. The molecule has 0 aromatic rings. The second-order valence-corrected chi connectivity index (χ2v) is 32.4. The Hall–Kier alpha value is -3.87. The Balaban J connectivity index is 6.36. The van der Waals surface area contributed by atoms with Crippen molar-refractivity contribution in [1.29, 1.82) is 0 Å². The van der Waals surface area contributed by atoms with Gasteiger partial charge in [-0.25, -0.2) is 0 Å². The lowest BCUT2D eigenvalue weighted by Crippen LogP contribution is -2.59. The molecule has 22 nitrogen and oxygen atoms in total. The van der Waals surface area contributed by atoms with Crippen LogP contribution in [-0.4, -0.2) is 168 Å². The number of carbonyl (C=O) groups is 7. The molecule has 0 aliphatic rings. The average Bonchev–Trinajstić information content (AvgIpc) is 1.36. The van der Waals surface area contributed by atoms with Crippen molar-refractivity contribution in [2.75, 3.05) is 45.8 Å². The van der Waals surface area contributed by atoms with Crippen molar-refractivity contribution in [3.8, 4) is 0 Å². The van der Waals surface area contributed by atoms with Crippen LogP contribution in [0.2, 0.25) is 0 Å². The van der Waals surface area contributed by atoms with E-state index in [0.717, 1.165) is 77.5 Å². The Morgan fingerprint density at radius 1 is 0.275 bits per heavy atom. The van der Waals surface area contributed by atoms with E-state index in [1.54, 1.807) is 13.8 Å². The van der Waals surface area contributed by atoms with E-state index in [2.05, 4.69) is 147 Å². The van der Waals surface area contributed by atoms with Crippen LogP contribution in [0.25, 0.3) is 0 Å². The van der Waals surface area contributed by atoms with Gasteiger partial charge in [0.2, 0.25) is 35.4 Å². The lowest BCUT2D eigenvalue weighted by Gasteiger charge is -2.31. The fourth-order valence-corrected chi connectivity index (χ4v) is 10.1. The van der Waals surface area contributed by atoms with E-state index in [1.807, 2.05) is 41.5 Å². The molecule has 6 amide bonds. The first kappa shape index (κ1) is 87.1. The highest BCUT2D eigenvalue weighted by Gasteiger charge is 2.35. The van der Waals surface area contributed by atoms with Gasteiger partial charge in [-0.3, -0.25) is 33.6 Å². The Labute approximate surface area is 553 Å². The number of carbonyl (C=O) groups excluding carboxylic acids is 7. The predicted molar refractivity (Wildman–Crippen MR) is 375 cm³/mol. The minimum Gasteiger partial charge on any atom is -0.355 e. The highest BCUT2D eigenvalue weighted by Crippen LogP contribution is 2.16. The monoisotopic (exact) mass is 1290 g/mol. The molecule has 0 aliphatic carbocycles. The van der Waals surface area contributed by atoms with Crippen molar-refractivity contribution < 1.29 is 33.6 Å². The van der Waals surface area contributed by atoms with Crippen LogP contribution >= 0.6 is 0 Å². The van der Waals surface area contributed by atoms with Crippen molar-refractivity contribution in [3.05, 3.63) is 0 Å². The highest BCUT2D eigenvalue weighted by atomic mass is 16.2. The normalized spacial score (nSPS) is 15.2. The summed E-state index contributed by atoms with van der Waals surface area (Å²) in [6.45, 7) is 44.9. The summed E-state index contributed by atoms with van der Waals surface area (Å²) < 4.78 is 0. The first-order valence-electron chi connectivity index (χ1n) is 34.9. The van der Waals surface area contributed by atoms with Gasteiger partial charge in [0.25, 0.3) is 0 Å². The smallest absolute Gasteiger partial charge is 0.243 e. The molecular weight excluding hydrogens is 1150 g/mol. The maximum absolute atomic E-state index is 14.6. The third-order valence-corrected chi connectivity index (χ3v) is 15.1. The fourth-order valence-electron chi connectivity index (χ4n) is 10.1. The van der Waals surface area contributed by atoms with Crippen LogP contribution in [0.15, 0.2) is 0 Å². The summed E-state index contributed by atoms with van der Waals surface area (Å²) in [6.07, 6.45) is 12.6. The SMILES string of the molecule is CC(C)(C)NCCCCC(N)C(=O)NCCCCC(NC(=O)C(N)CCCCNC(C)(C)C)C(=O)NCCCCC(NC(=O)C(CCCCNC(=O)C(CCCCNC(C)(C)C)NC(C)(C)C)NC(=O)C(CCCCNC(C)(C)C)NC(C)(C)C)C(=O)C(C)(C)N. The van der Waals surface area contributed by atoms with Gasteiger partial charge in [0.05, 0.1) is 35.7 Å². The van der Waals surface area contributed by atoms with Gasteiger partial charge in [0.1, 0.15) is 12.1 Å². The topological polar surface area (TPSA) is 342 Å². The molecule has 0 radical (unpaired) electrons. The highest BCUT2D eigenvalue weighted by molar-refractivity contribution is 5.97. The van der Waals surface area contributed by atoms with E-state index in [9.17, 15) is 33.6 Å². The maximum atomic E-state index is 14.6. The number of amides is 6. The molecule has 91 heavy (non-hydrogen) atoms. The van der Waals surface area contributed by atoms with Crippen LogP contribution in [0, 0.1) is 0 Å². The van der Waals surface area contributed by atoms with Gasteiger partial charge in [-0.1, -0.05) is 25.7 Å². The van der Waals surface area contributed by atoms with Crippen LogP contribution < -0.4 is 81.0 Å². The zero-order chi connectivity index (χ0) is 69.9. The van der Waals surface area contributed by atoms with E-state index in [4.69, 9.17) is 17.2 Å². The lowest BCUT2D eigenvalue weighted by molar-refractivity contribution is -0.133. The number of nitrogens with one attached hydrogen (secondary N) is 12. The largest absolute Gasteiger partial charge is 0.355 e. The number of rotatable bonds is 48. The summed E-state index contributed by atoms with van der Waals surface area (Å²) in [5, 5.41) is 38.9. The summed E-state index contributed by atoms with van der Waals surface area (Å²) in [5.41, 5.74) is 17.0. The third kappa shape index (κ3) is 48.5. The number of unbranched alkanes of at least 4 members (excludes halogenated alkanes) is 7. The molecule has 7 unspecified atom stereocenters. The Kier molecular flexibility index (Phi) is 41.4. The van der Waals surface area contributed by atoms with Crippen LogP contribution in [0.3, 0.4) is 0 Å². The van der Waals surface area contributed by atoms with Crippen LogP contribution in [0.1, 0.15) is 273 Å². The fraction of sp³-hybridized carbons (Fsp3) is 0.899. The van der Waals surface area contributed by atoms with Gasteiger partial charge in [0, 0.05) is 52.9 Å². The molecule has 7 atom stereocenters. The molecule has 22 heteroatoms. The zero-order valence-electron chi connectivity index (χ0n) is 61.4. The first-order chi connectivity index (χ1) is 41.8. The summed E-state index contributed by atoms with van der Waals surface area (Å²) in [7, 11) is 0. The molecule has 0 saturated carbocycles. The quantitative estimate of drug-likeness (QED) is 0.0310. The van der Waals surface area contributed by atoms with Crippen molar-refractivity contribution >= 4 is 41.2 Å². The van der Waals surface area contributed by atoms with Crippen LogP contribution in [0.5, 0.6) is 0 Å². The molecule has 534 valence electrons. The summed E-state index contributed by atoms with van der Waals surface area (Å²) >= 11 is 0. The predicted octanol–water partition coefficient (Wildman–Crippen LogP) is 6.01. The zero-order valence-corrected chi connectivity index (χ0v) is 61.4. The van der Waals surface area contributed by atoms with Crippen molar-refractivity contribution in [3.63, 3.8) is 0 Å². The van der Waals surface area contributed by atoms with Crippen molar-refractivity contribution in [1.82, 2.24) is 63.8 Å². The van der Waals surface area contributed by atoms with Gasteiger partial charge in [0.15, 0.2) is 5.78 Å². The van der Waals surface area contributed by atoms with Crippen molar-refractivity contribution in [2.45, 2.75) is 354 Å². The number of hydrogen-bond donors (Lipinski definition) is 15. The molecule has 0 aliphatic heterocycles. The third-order valence-electron chi connectivity index (χ3n) is 15.1. The summed E-state index contributed by atoms with van der Waals surface area (Å²) in [5.74, 6) is -2.33. The molecular formula is C69H141N15O7. The standard InChI is InChI=1S/C69H141N15O7/c1-63(2,3)76-45-31-21-35-49(70)57(86)73-42-29-24-38-52(81-58(87)50(71)36-22-32-46-77-64(4,5)6)59(88)74-43-28-23-37-51(56(85)69(19,20)72)80-61(90)53(82-62(91)55(84-68(16,17)18)41-27-34-48-79-66(10,11)12)39-25-30-44-75-60(89)54(83-67(13,14)15)40-26-33-47-78-65(7,8)9/h49-55,76-79,83-84H,21-48,70-72H2,1-20H3,(H,73,86)(H,74,88)(H,75,89)(H,80,90)(H,81,87)(H,82,91). The summed E-state index contributed by atoms with van der Waals surface area (Å²) in [6, 6.07) is -5.34. The number of ketones is 1. The Morgan fingerprint density at radius 3 is 0.857 bits per heavy atom. The Bertz CT molecular complexity index is 2080. The molecule has 0 fully saturated rings. The Morgan fingerprint density at radius 2 is 0.516 bits per heavy atom. The molecule has 0 heterocycles. The number of Topliss-reactive ketones (excluding diaryl/α,β-unsaturated/α-hetero) is 1. The number of nitrogens with two attached hydrogens (primary N) is 3. The average molecular weight is 1290 g/mol. The van der Waals surface area contributed by atoms with E-state index in [-0.39, 0.29) is 82.5 Å². The van der Waals surface area contributed by atoms with Gasteiger partial charge in [-0.15, -0.1) is 0 Å². The van der Waals surface area contributed by atoms with E-state index >= 15 is 0 Å². The summed E-state index contributed by atoms with van der Waals surface area (Å²) in [4.78, 5) is 97.0. The van der Waals surface area contributed by atoms with E-state index in [0.29, 0.717) is 83.7 Å². The second kappa shape index (κ2) is 43.3. The van der Waals surface area contributed by atoms with Gasteiger partial charge >= 0.3 is 0 Å². The van der Waals surface area contributed by atoms with Crippen molar-refractivity contribution in [2.24, 2.45) is 17.2 Å². The first-order valence-corrected chi connectivity index (χ1v) is 34.9. The molecule has 0 aromatic carbocycles. The molecule has 0 aromatic heterocycles. The lowest BCUT2D eigenvalue weighted by atomic mass is 9.91. The van der Waals surface area contributed by atoms with E-state index in [1.165, 1.54) is 0 Å². The second-order valence-electron chi connectivity index (χ2n) is 32.4. The molecule has 0 rings (SSSR count). The van der Waals surface area contributed by atoms with Gasteiger partial charge in [-0.05, 0) is 274 Å². The molecule has 0 spiro atoms. The number of hydrogen-bond acceptors (Lipinski definition) is 16. The van der Waals surface area contributed by atoms with E-state index < -0.39 is 59.1 Å². The van der Waals surface area contributed by atoms with Crippen LogP contribution in [-0.2, 0) is 33.6 Å². The minimum absolute atomic E-state index is 0.0163. The molecule has 18 N–H and O–H groups in total. The minimum atomic E-state index is -1.32. The van der Waals surface area contributed by atoms with Gasteiger partial charge < -0.3 is 81.0 Å². The van der Waals surface area contributed by atoms with Gasteiger partial charge in [-0.2, -0.15) is 0 Å². The molecule has 0 saturated heterocycles. The molecule has 0 bridgehead atoms. The van der Waals surface area contributed by atoms with Crippen LogP contribution in [0.4, 0.5) is 0 Å².